The molecule has 3 aromatic heterocycles. The maximum atomic E-state index is 12.7. The van der Waals surface area contributed by atoms with Crippen molar-refractivity contribution >= 4 is 5.78 Å². The summed E-state index contributed by atoms with van der Waals surface area (Å²) in [5.74, 6) is 0.604. The summed E-state index contributed by atoms with van der Waals surface area (Å²) in [5.41, 5.74) is 2.04. The molecule has 7 heteroatoms. The normalized spacial score (nSPS) is 11.8. The third kappa shape index (κ3) is 2.95. The van der Waals surface area contributed by atoms with Gasteiger partial charge in [-0.05, 0) is 12.5 Å². The third-order valence-corrected chi connectivity index (χ3v) is 3.89. The van der Waals surface area contributed by atoms with E-state index in [0.717, 1.165) is 11.4 Å². The molecule has 0 unspecified atom stereocenters. The zero-order valence-corrected chi connectivity index (χ0v) is 14.1. The second-order valence-electron chi connectivity index (χ2n) is 6.82. The van der Waals surface area contributed by atoms with E-state index in [2.05, 4.69) is 21.1 Å². The van der Waals surface area contributed by atoms with E-state index in [0.29, 0.717) is 30.7 Å². The minimum absolute atomic E-state index is 0.0832. The zero-order valence-electron chi connectivity index (χ0n) is 14.1. The second kappa shape index (κ2) is 5.96. The highest BCUT2D eigenvalue weighted by molar-refractivity contribution is 5.30. The molecular weight excluding hydrogens is 304 g/mol. The Morgan fingerprint density at radius 3 is 2.83 bits per heavy atom. The van der Waals surface area contributed by atoms with Gasteiger partial charge in [0.25, 0.3) is 5.56 Å². The average molecular weight is 324 g/mol. The molecule has 3 heterocycles. The molecule has 3 rings (SSSR count). The van der Waals surface area contributed by atoms with E-state index in [-0.39, 0.29) is 11.0 Å². The first kappa shape index (κ1) is 16.0. The van der Waals surface area contributed by atoms with Gasteiger partial charge in [0.15, 0.2) is 0 Å². The van der Waals surface area contributed by atoms with Crippen molar-refractivity contribution in [1.29, 1.82) is 5.26 Å². The number of nitriles is 1. The summed E-state index contributed by atoms with van der Waals surface area (Å²) in [6, 6.07) is 3.94. The quantitative estimate of drug-likeness (QED) is 0.794. The molecule has 0 aliphatic carbocycles. The highest BCUT2D eigenvalue weighted by Gasteiger charge is 2.24. The lowest BCUT2D eigenvalue weighted by Gasteiger charge is -2.18. The minimum Gasteiger partial charge on any atom is -0.299 e. The summed E-state index contributed by atoms with van der Waals surface area (Å²) in [6.45, 7) is 6.49. The van der Waals surface area contributed by atoms with E-state index in [1.807, 2.05) is 43.6 Å². The Balaban J connectivity index is 2.00. The van der Waals surface area contributed by atoms with Crippen LogP contribution in [0.2, 0.25) is 0 Å². The van der Waals surface area contributed by atoms with Gasteiger partial charge >= 0.3 is 0 Å². The predicted octanol–water partition coefficient (Wildman–Crippen LogP) is 2.02. The van der Waals surface area contributed by atoms with Crippen molar-refractivity contribution in [2.75, 3.05) is 0 Å². The van der Waals surface area contributed by atoms with Crippen LogP contribution in [0.5, 0.6) is 0 Å². The van der Waals surface area contributed by atoms with Gasteiger partial charge in [0.05, 0.1) is 18.3 Å². The molecule has 24 heavy (non-hydrogen) atoms. The first-order valence-corrected chi connectivity index (χ1v) is 7.88. The molecule has 0 fully saturated rings. The van der Waals surface area contributed by atoms with Crippen LogP contribution in [0.3, 0.4) is 0 Å². The molecule has 0 spiro atoms. The van der Waals surface area contributed by atoms with Gasteiger partial charge in [-0.3, -0.25) is 14.3 Å². The van der Waals surface area contributed by atoms with Gasteiger partial charge in [-0.1, -0.05) is 20.8 Å². The van der Waals surface area contributed by atoms with Gasteiger partial charge in [0.2, 0.25) is 5.78 Å². The molecule has 1 N–H and O–H groups in total. The Morgan fingerprint density at radius 2 is 2.17 bits per heavy atom. The van der Waals surface area contributed by atoms with Crippen molar-refractivity contribution in [3.63, 3.8) is 0 Å². The Hall–Kier alpha value is -2.88. The second-order valence-corrected chi connectivity index (χ2v) is 6.82. The minimum atomic E-state index is -0.199. The first-order chi connectivity index (χ1) is 11.4. The molecular formula is C17H20N6O. The summed E-state index contributed by atoms with van der Waals surface area (Å²) in [7, 11) is 0. The number of H-pyrrole nitrogens is 1. The summed E-state index contributed by atoms with van der Waals surface area (Å²) in [5, 5.41) is 12.1. The summed E-state index contributed by atoms with van der Waals surface area (Å²) < 4.78 is 3.39. The lowest BCUT2D eigenvalue weighted by molar-refractivity contribution is 0.538. The van der Waals surface area contributed by atoms with Crippen LogP contribution in [-0.2, 0) is 18.4 Å². The average Bonchev–Trinajstić information content (AvgIpc) is 3.07. The van der Waals surface area contributed by atoms with Gasteiger partial charge in [0, 0.05) is 41.7 Å². The molecule has 0 bridgehead atoms. The Morgan fingerprint density at radius 1 is 1.38 bits per heavy atom. The van der Waals surface area contributed by atoms with Crippen molar-refractivity contribution in [1.82, 2.24) is 24.1 Å². The van der Waals surface area contributed by atoms with Crippen LogP contribution < -0.4 is 5.56 Å². The number of rotatable bonds is 4. The summed E-state index contributed by atoms with van der Waals surface area (Å²) >= 11 is 0. The fourth-order valence-electron chi connectivity index (χ4n) is 2.79. The molecule has 7 nitrogen and oxygen atoms in total. The van der Waals surface area contributed by atoms with Crippen LogP contribution in [0.25, 0.3) is 5.78 Å². The largest absolute Gasteiger partial charge is 0.299 e. The number of nitrogens with one attached hydrogen (secondary N) is 1. The van der Waals surface area contributed by atoms with E-state index in [9.17, 15) is 4.79 Å². The molecule has 0 atom stereocenters. The standard InChI is InChI=1S/C17H20N6O/c1-17(2,3)14-13(6-4-7-18)15(24)23(21-14)11-12-10-22-9-5-8-19-16(22)20-12/h5,8-10,21H,4,6,11H2,1-3H3. The van der Waals surface area contributed by atoms with Gasteiger partial charge in [-0.25, -0.2) is 14.6 Å². The van der Waals surface area contributed by atoms with E-state index >= 15 is 0 Å². The number of hydrogen-bond donors (Lipinski definition) is 1. The monoisotopic (exact) mass is 324 g/mol. The van der Waals surface area contributed by atoms with E-state index in [1.165, 1.54) is 0 Å². The molecule has 0 aliphatic rings. The van der Waals surface area contributed by atoms with Crippen molar-refractivity contribution in [2.24, 2.45) is 0 Å². The maximum absolute atomic E-state index is 12.7. The maximum Gasteiger partial charge on any atom is 0.270 e. The van der Waals surface area contributed by atoms with Crippen molar-refractivity contribution in [2.45, 2.75) is 45.6 Å². The van der Waals surface area contributed by atoms with E-state index in [1.54, 1.807) is 10.9 Å². The van der Waals surface area contributed by atoms with Gasteiger partial charge in [0.1, 0.15) is 0 Å². The van der Waals surface area contributed by atoms with Crippen LogP contribution in [-0.4, -0.2) is 24.1 Å². The Bertz CT molecular complexity index is 931. The first-order valence-electron chi connectivity index (χ1n) is 7.88. The number of imidazole rings is 1. The number of aromatic amines is 1. The SMILES string of the molecule is CC(C)(C)c1[nH]n(Cc2cn3cccnc3n2)c(=O)c1CCC#N. The molecule has 0 aromatic carbocycles. The molecule has 0 radical (unpaired) electrons. The smallest absolute Gasteiger partial charge is 0.270 e. The van der Waals surface area contributed by atoms with Crippen LogP contribution in [0.1, 0.15) is 44.1 Å². The number of hydrogen-bond acceptors (Lipinski definition) is 4. The van der Waals surface area contributed by atoms with Gasteiger partial charge < -0.3 is 0 Å². The Labute approximate surface area is 139 Å². The van der Waals surface area contributed by atoms with Gasteiger partial charge in [-0.2, -0.15) is 5.26 Å². The van der Waals surface area contributed by atoms with Crippen molar-refractivity contribution in [3.8, 4) is 6.07 Å². The van der Waals surface area contributed by atoms with Crippen molar-refractivity contribution in [3.05, 3.63) is 52.0 Å². The number of nitrogens with zero attached hydrogens (tertiary/aromatic N) is 5. The fourth-order valence-corrected chi connectivity index (χ4v) is 2.79. The molecule has 0 aliphatic heterocycles. The Kier molecular flexibility index (Phi) is 3.97. The van der Waals surface area contributed by atoms with E-state index in [4.69, 9.17) is 5.26 Å². The van der Waals surface area contributed by atoms with Crippen LogP contribution in [0.4, 0.5) is 0 Å². The highest BCUT2D eigenvalue weighted by Crippen LogP contribution is 2.23. The third-order valence-electron chi connectivity index (χ3n) is 3.89. The summed E-state index contributed by atoms with van der Waals surface area (Å²) in [4.78, 5) is 21.4. The molecule has 0 saturated heterocycles. The van der Waals surface area contributed by atoms with Crippen LogP contribution in [0, 0.1) is 11.3 Å². The fraction of sp³-hybridized carbons (Fsp3) is 0.412. The summed E-state index contributed by atoms with van der Waals surface area (Å²) in [6.07, 6.45) is 6.20. The zero-order chi connectivity index (χ0) is 17.3. The van der Waals surface area contributed by atoms with E-state index < -0.39 is 0 Å². The van der Waals surface area contributed by atoms with Crippen LogP contribution >= 0.6 is 0 Å². The van der Waals surface area contributed by atoms with Crippen LogP contribution in [0.15, 0.2) is 29.5 Å². The lowest BCUT2D eigenvalue weighted by atomic mass is 9.88. The highest BCUT2D eigenvalue weighted by atomic mass is 16.1. The topological polar surface area (TPSA) is 91.8 Å². The number of aromatic nitrogens is 5. The predicted molar refractivity (Wildman–Crippen MR) is 89.8 cm³/mol. The molecule has 0 amide bonds. The lowest BCUT2D eigenvalue weighted by Crippen LogP contribution is -2.20. The van der Waals surface area contributed by atoms with Gasteiger partial charge in [-0.15, -0.1) is 0 Å². The molecule has 3 aromatic rings. The molecule has 124 valence electrons. The number of fused-ring (bicyclic) bond motifs is 1. The van der Waals surface area contributed by atoms with Crippen molar-refractivity contribution < 1.29 is 0 Å². The molecule has 0 saturated carbocycles.